The van der Waals surface area contributed by atoms with Crippen molar-refractivity contribution in [1.82, 2.24) is 4.90 Å². The van der Waals surface area contributed by atoms with Gasteiger partial charge in [-0.05, 0) is 19.4 Å². The monoisotopic (exact) mass is 188 g/mol. The van der Waals surface area contributed by atoms with E-state index < -0.39 is 0 Å². The number of hydrogen-bond donors (Lipinski definition) is 2. The van der Waals surface area contributed by atoms with Gasteiger partial charge < -0.3 is 15.6 Å². The summed E-state index contributed by atoms with van der Waals surface area (Å²) in [7, 11) is 0. The number of unbranched alkanes of at least 4 members (excludes halogenated alkanes) is 1. The predicted molar refractivity (Wildman–Crippen MR) is 51.6 cm³/mol. The number of nitrogens with zero attached hydrogens (tertiary/aromatic N) is 1. The van der Waals surface area contributed by atoms with Crippen molar-refractivity contribution in [3.05, 3.63) is 0 Å². The van der Waals surface area contributed by atoms with Crippen LogP contribution in [0, 0.1) is 0 Å². The first kappa shape index (κ1) is 10.9. The summed E-state index contributed by atoms with van der Waals surface area (Å²) in [5.41, 5.74) is 5.63. The Morgan fingerprint density at radius 1 is 1.46 bits per heavy atom. The molecule has 0 amide bonds. The average molecular weight is 188 g/mol. The molecule has 1 fully saturated rings. The van der Waals surface area contributed by atoms with Crippen LogP contribution >= 0.6 is 0 Å². The molecule has 0 aromatic rings. The largest absolute Gasteiger partial charge is 0.396 e. The van der Waals surface area contributed by atoms with Crippen molar-refractivity contribution >= 4 is 0 Å². The Labute approximate surface area is 79.7 Å². The van der Waals surface area contributed by atoms with Crippen LogP contribution in [0.3, 0.4) is 0 Å². The van der Waals surface area contributed by atoms with Gasteiger partial charge in [0.15, 0.2) is 0 Å². The quantitative estimate of drug-likeness (QED) is 0.567. The van der Waals surface area contributed by atoms with Crippen LogP contribution in [0.1, 0.15) is 12.8 Å². The summed E-state index contributed by atoms with van der Waals surface area (Å²) in [4.78, 5) is 2.36. The van der Waals surface area contributed by atoms with Gasteiger partial charge in [-0.3, -0.25) is 4.90 Å². The number of hydrogen-bond acceptors (Lipinski definition) is 4. The van der Waals surface area contributed by atoms with Crippen molar-refractivity contribution in [3.63, 3.8) is 0 Å². The zero-order chi connectivity index (χ0) is 9.52. The molecular weight excluding hydrogens is 168 g/mol. The fraction of sp³-hybridized carbons (Fsp3) is 1.00. The van der Waals surface area contributed by atoms with Gasteiger partial charge in [-0.2, -0.15) is 0 Å². The molecule has 0 aromatic carbocycles. The summed E-state index contributed by atoms with van der Waals surface area (Å²) in [6.07, 6.45) is 1.93. The van der Waals surface area contributed by atoms with Crippen LogP contribution in [-0.2, 0) is 4.74 Å². The van der Waals surface area contributed by atoms with E-state index in [0.717, 1.165) is 39.1 Å². The Bertz CT molecular complexity index is 133. The van der Waals surface area contributed by atoms with Crippen LogP contribution < -0.4 is 5.73 Å². The Morgan fingerprint density at radius 3 is 3.00 bits per heavy atom. The Morgan fingerprint density at radius 2 is 2.31 bits per heavy atom. The van der Waals surface area contributed by atoms with Gasteiger partial charge in [0.1, 0.15) is 0 Å². The van der Waals surface area contributed by atoms with E-state index in [0.29, 0.717) is 12.6 Å². The summed E-state index contributed by atoms with van der Waals surface area (Å²) < 4.78 is 5.34. The molecule has 0 aromatic heterocycles. The van der Waals surface area contributed by atoms with E-state index in [1.165, 1.54) is 0 Å². The topological polar surface area (TPSA) is 58.7 Å². The van der Waals surface area contributed by atoms with E-state index in [2.05, 4.69) is 4.90 Å². The Hall–Kier alpha value is -0.160. The minimum atomic E-state index is 0.289. The summed E-state index contributed by atoms with van der Waals surface area (Å²) in [6, 6.07) is 0.382. The van der Waals surface area contributed by atoms with Gasteiger partial charge in [-0.25, -0.2) is 0 Å². The smallest absolute Gasteiger partial charge is 0.0634 e. The van der Waals surface area contributed by atoms with Crippen LogP contribution in [0.2, 0.25) is 0 Å². The fourth-order valence-electron chi connectivity index (χ4n) is 1.63. The first-order chi connectivity index (χ1) is 6.38. The molecule has 1 aliphatic heterocycles. The van der Waals surface area contributed by atoms with Crippen molar-refractivity contribution in [3.8, 4) is 0 Å². The molecule has 0 radical (unpaired) electrons. The maximum absolute atomic E-state index is 8.65. The second-order valence-electron chi connectivity index (χ2n) is 3.43. The number of aliphatic hydroxyl groups is 1. The number of morpholine rings is 1. The molecule has 1 saturated heterocycles. The molecule has 4 nitrogen and oxygen atoms in total. The van der Waals surface area contributed by atoms with Gasteiger partial charge in [0.05, 0.1) is 13.2 Å². The molecule has 0 bridgehead atoms. The molecule has 1 unspecified atom stereocenters. The van der Waals surface area contributed by atoms with Crippen LogP contribution in [-0.4, -0.2) is 55.5 Å². The lowest BCUT2D eigenvalue weighted by Gasteiger charge is -2.34. The molecular formula is C9H20N2O2. The fourth-order valence-corrected chi connectivity index (χ4v) is 1.63. The first-order valence-electron chi connectivity index (χ1n) is 5.01. The minimum Gasteiger partial charge on any atom is -0.396 e. The van der Waals surface area contributed by atoms with Crippen LogP contribution in [0.5, 0.6) is 0 Å². The van der Waals surface area contributed by atoms with Crippen molar-refractivity contribution in [2.45, 2.75) is 18.9 Å². The average Bonchev–Trinajstić information content (AvgIpc) is 2.19. The summed E-state index contributed by atoms with van der Waals surface area (Å²) in [5, 5.41) is 8.65. The van der Waals surface area contributed by atoms with Gasteiger partial charge in [0.2, 0.25) is 0 Å². The molecule has 0 aliphatic carbocycles. The molecule has 4 heteroatoms. The predicted octanol–water partition coefficient (Wildman–Crippen LogP) is -0.582. The highest BCUT2D eigenvalue weighted by molar-refractivity contribution is 4.75. The number of ether oxygens (including phenoxy) is 1. The standard InChI is InChI=1S/C9H20N2O2/c10-7-9-8-13-6-4-11(9)3-1-2-5-12/h9,12H,1-8,10H2. The number of nitrogens with two attached hydrogens (primary N) is 1. The van der Waals surface area contributed by atoms with E-state index in [9.17, 15) is 0 Å². The van der Waals surface area contributed by atoms with Crippen molar-refractivity contribution in [2.75, 3.05) is 39.5 Å². The van der Waals surface area contributed by atoms with E-state index in [1.807, 2.05) is 0 Å². The molecule has 3 N–H and O–H groups in total. The highest BCUT2D eigenvalue weighted by Gasteiger charge is 2.20. The van der Waals surface area contributed by atoms with Gasteiger partial charge in [0.25, 0.3) is 0 Å². The summed E-state index contributed by atoms with van der Waals surface area (Å²) in [6.45, 7) is 4.54. The van der Waals surface area contributed by atoms with Crippen LogP contribution in [0.4, 0.5) is 0 Å². The third-order valence-corrected chi connectivity index (χ3v) is 2.47. The lowest BCUT2D eigenvalue weighted by molar-refractivity contribution is -0.00480. The van der Waals surface area contributed by atoms with Crippen LogP contribution in [0.25, 0.3) is 0 Å². The third-order valence-electron chi connectivity index (χ3n) is 2.47. The van der Waals surface area contributed by atoms with E-state index >= 15 is 0 Å². The molecule has 0 saturated carbocycles. The number of rotatable bonds is 5. The SMILES string of the molecule is NCC1COCCN1CCCCO. The van der Waals surface area contributed by atoms with E-state index in [-0.39, 0.29) is 6.61 Å². The van der Waals surface area contributed by atoms with Crippen molar-refractivity contribution in [2.24, 2.45) is 5.73 Å². The van der Waals surface area contributed by atoms with Gasteiger partial charge in [-0.15, -0.1) is 0 Å². The third kappa shape index (κ3) is 3.60. The molecule has 78 valence electrons. The normalized spacial score (nSPS) is 24.9. The second-order valence-corrected chi connectivity index (χ2v) is 3.43. The zero-order valence-electron chi connectivity index (χ0n) is 8.11. The molecule has 13 heavy (non-hydrogen) atoms. The molecule has 0 spiro atoms. The van der Waals surface area contributed by atoms with Crippen molar-refractivity contribution < 1.29 is 9.84 Å². The maximum atomic E-state index is 8.65. The Kier molecular flexibility index (Phi) is 5.31. The zero-order valence-corrected chi connectivity index (χ0v) is 8.11. The minimum absolute atomic E-state index is 0.289. The van der Waals surface area contributed by atoms with Gasteiger partial charge >= 0.3 is 0 Å². The highest BCUT2D eigenvalue weighted by atomic mass is 16.5. The first-order valence-corrected chi connectivity index (χ1v) is 5.01. The summed E-state index contributed by atoms with van der Waals surface area (Å²) in [5.74, 6) is 0. The summed E-state index contributed by atoms with van der Waals surface area (Å²) >= 11 is 0. The van der Waals surface area contributed by atoms with Gasteiger partial charge in [-0.1, -0.05) is 0 Å². The number of aliphatic hydroxyl groups excluding tert-OH is 1. The molecule has 1 rings (SSSR count). The Balaban J connectivity index is 2.19. The maximum Gasteiger partial charge on any atom is 0.0634 e. The molecule has 1 atom stereocenters. The molecule has 1 aliphatic rings. The second kappa shape index (κ2) is 6.32. The lowest BCUT2D eigenvalue weighted by Crippen LogP contribution is -2.49. The van der Waals surface area contributed by atoms with Crippen LogP contribution in [0.15, 0.2) is 0 Å². The highest BCUT2D eigenvalue weighted by Crippen LogP contribution is 2.06. The van der Waals surface area contributed by atoms with Crippen molar-refractivity contribution in [1.29, 1.82) is 0 Å². The van der Waals surface area contributed by atoms with E-state index in [4.69, 9.17) is 15.6 Å². The molecule has 1 heterocycles. The lowest BCUT2D eigenvalue weighted by atomic mass is 10.2. The van der Waals surface area contributed by atoms with Gasteiger partial charge in [0, 0.05) is 25.7 Å². The van der Waals surface area contributed by atoms with E-state index in [1.54, 1.807) is 0 Å².